The molecule has 170 valence electrons. The summed E-state index contributed by atoms with van der Waals surface area (Å²) in [4.78, 5) is 24.1. The summed E-state index contributed by atoms with van der Waals surface area (Å²) in [6.07, 6.45) is -5.54. The molecule has 0 aliphatic carbocycles. The minimum Gasteiger partial charge on any atom is -0.480 e. The van der Waals surface area contributed by atoms with E-state index in [1.807, 2.05) is 0 Å². The molecule has 0 saturated carbocycles. The van der Waals surface area contributed by atoms with Crippen molar-refractivity contribution < 1.29 is 32.6 Å². The maximum absolute atomic E-state index is 13.6. The second-order valence-corrected chi connectivity index (χ2v) is 7.90. The van der Waals surface area contributed by atoms with E-state index >= 15 is 0 Å². The molecule has 6 N–H and O–H groups in total. The number of ether oxygens (including phenoxy) is 1. The number of carboxylic acid groups (broad SMARTS) is 1. The van der Waals surface area contributed by atoms with Crippen LogP contribution < -0.4 is 21.1 Å². The van der Waals surface area contributed by atoms with E-state index in [0.29, 0.717) is 29.4 Å². The highest BCUT2D eigenvalue weighted by Crippen LogP contribution is 2.40. The number of fused-ring (bicyclic) bond motifs is 1. The number of guanidine groups is 1. The van der Waals surface area contributed by atoms with Gasteiger partial charge < -0.3 is 26.2 Å². The van der Waals surface area contributed by atoms with E-state index in [4.69, 9.17) is 15.9 Å². The van der Waals surface area contributed by atoms with Gasteiger partial charge in [0, 0.05) is 16.6 Å². The lowest BCUT2D eigenvalue weighted by molar-refractivity contribution is -0.185. The molecule has 1 aromatic rings. The number of nitrogens with one attached hydrogen (secondary N) is 3. The average molecular weight is 507 g/mol. The number of rotatable bonds is 8. The Hall–Kier alpha value is -2.76. The van der Waals surface area contributed by atoms with E-state index in [1.54, 1.807) is 13.0 Å². The van der Waals surface area contributed by atoms with Crippen LogP contribution in [0.25, 0.3) is 6.08 Å². The van der Waals surface area contributed by atoms with Gasteiger partial charge in [-0.15, -0.1) is 0 Å². The average Bonchev–Trinajstić information content (AvgIpc) is 2.64. The molecule has 0 bridgehead atoms. The number of halogens is 4. The lowest BCUT2D eigenvalue weighted by atomic mass is 9.98. The summed E-state index contributed by atoms with van der Waals surface area (Å²) in [6, 6.07) is 1.72. The molecule has 1 heterocycles. The van der Waals surface area contributed by atoms with Gasteiger partial charge in [0.05, 0.1) is 5.57 Å². The molecule has 8 nitrogen and oxygen atoms in total. The molecule has 0 aromatic heterocycles. The molecular formula is C19H22BrF3N4O4. The van der Waals surface area contributed by atoms with E-state index in [9.17, 15) is 27.9 Å². The van der Waals surface area contributed by atoms with Gasteiger partial charge in [-0.2, -0.15) is 13.2 Å². The number of carbonyl (C=O) groups excluding carboxylic acids is 1. The Kier molecular flexibility index (Phi) is 7.93. The number of hydrogen-bond acceptors (Lipinski definition) is 4. The van der Waals surface area contributed by atoms with Crippen molar-refractivity contribution in [3.63, 3.8) is 0 Å². The SMILES string of the molecule is Cc1cc(Br)cc2c1O[C@H](C(F)(F)F)C(C(=O)NC(CCCCNC(=N)N)C(=O)O)=C2. The van der Waals surface area contributed by atoms with Crippen LogP contribution in [0.5, 0.6) is 5.75 Å². The lowest BCUT2D eigenvalue weighted by Crippen LogP contribution is -2.47. The number of carbonyl (C=O) groups is 2. The predicted octanol–water partition coefficient (Wildman–Crippen LogP) is 2.69. The highest BCUT2D eigenvalue weighted by Gasteiger charge is 2.48. The monoisotopic (exact) mass is 506 g/mol. The molecule has 2 rings (SSSR count). The topological polar surface area (TPSA) is 138 Å². The number of nitrogens with two attached hydrogens (primary N) is 1. The van der Waals surface area contributed by atoms with Crippen LogP contribution >= 0.6 is 15.9 Å². The van der Waals surface area contributed by atoms with Gasteiger partial charge >= 0.3 is 12.1 Å². The Labute approximate surface area is 184 Å². The molecule has 1 amide bonds. The maximum Gasteiger partial charge on any atom is 0.429 e. The number of unbranched alkanes of at least 4 members (excludes halogenated alkanes) is 1. The van der Waals surface area contributed by atoms with Crippen LogP contribution in [0, 0.1) is 12.3 Å². The van der Waals surface area contributed by atoms with Gasteiger partial charge in [-0.25, -0.2) is 4.79 Å². The van der Waals surface area contributed by atoms with Gasteiger partial charge in [0.25, 0.3) is 5.91 Å². The smallest absolute Gasteiger partial charge is 0.429 e. The number of alkyl halides is 3. The molecule has 0 spiro atoms. The first-order chi connectivity index (χ1) is 14.4. The van der Waals surface area contributed by atoms with E-state index in [2.05, 4.69) is 26.6 Å². The molecule has 31 heavy (non-hydrogen) atoms. The standard InChI is InChI=1S/C19H22BrF3N4O4/c1-9-6-11(20)7-10-8-12(15(19(21,22)23)31-14(9)10)16(28)27-13(17(29)30)4-2-3-5-26-18(24)25/h6-8,13,15H,2-5H2,1H3,(H,27,28)(H,29,30)(H4,24,25,26)/t13?,15-/m0/s1. The summed E-state index contributed by atoms with van der Waals surface area (Å²) in [6.45, 7) is 1.91. The summed E-state index contributed by atoms with van der Waals surface area (Å²) in [5.74, 6) is -2.75. The first-order valence-electron chi connectivity index (χ1n) is 9.26. The number of hydrogen-bond donors (Lipinski definition) is 5. The zero-order chi connectivity index (χ0) is 23.3. The molecule has 0 fully saturated rings. The van der Waals surface area contributed by atoms with Gasteiger partial charge in [0.2, 0.25) is 6.10 Å². The Morgan fingerprint density at radius 1 is 1.35 bits per heavy atom. The fourth-order valence-corrected chi connectivity index (χ4v) is 3.66. The molecule has 1 unspecified atom stereocenters. The molecule has 12 heteroatoms. The van der Waals surface area contributed by atoms with Crippen LogP contribution in [0.1, 0.15) is 30.4 Å². The summed E-state index contributed by atoms with van der Waals surface area (Å²) in [5, 5.41) is 21.1. The van der Waals surface area contributed by atoms with Crippen LogP contribution in [0.15, 0.2) is 22.2 Å². The van der Waals surface area contributed by atoms with Crippen LogP contribution in [-0.2, 0) is 9.59 Å². The van der Waals surface area contributed by atoms with E-state index < -0.39 is 35.8 Å². The third-order valence-electron chi connectivity index (χ3n) is 4.50. The molecule has 0 saturated heterocycles. The Morgan fingerprint density at radius 2 is 2.03 bits per heavy atom. The minimum absolute atomic E-state index is 0.00722. The fraction of sp³-hybridized carbons (Fsp3) is 0.421. The Bertz CT molecular complexity index is 905. The molecule has 1 aliphatic heterocycles. The second kappa shape index (κ2) is 10.0. The first-order valence-corrected chi connectivity index (χ1v) is 10.1. The Balaban J connectivity index is 2.21. The molecule has 1 aliphatic rings. The number of amides is 1. The van der Waals surface area contributed by atoms with Crippen LogP contribution in [0.3, 0.4) is 0 Å². The van der Waals surface area contributed by atoms with Crippen molar-refractivity contribution in [2.45, 2.75) is 44.5 Å². The van der Waals surface area contributed by atoms with Crippen LogP contribution in [0.4, 0.5) is 13.2 Å². The largest absolute Gasteiger partial charge is 0.480 e. The number of benzene rings is 1. The predicted molar refractivity (Wildman–Crippen MR) is 111 cm³/mol. The molecule has 2 atom stereocenters. The summed E-state index contributed by atoms with van der Waals surface area (Å²) in [7, 11) is 0. The molecule has 1 aromatic carbocycles. The molecular weight excluding hydrogens is 485 g/mol. The van der Waals surface area contributed by atoms with Gasteiger partial charge in [-0.3, -0.25) is 10.2 Å². The number of aryl methyl sites for hydroxylation is 1. The summed E-state index contributed by atoms with van der Waals surface area (Å²) < 4.78 is 46.5. The Morgan fingerprint density at radius 3 is 2.61 bits per heavy atom. The molecule has 0 radical (unpaired) electrons. The normalized spacial score (nSPS) is 16.4. The van der Waals surface area contributed by atoms with Crippen molar-refractivity contribution >= 4 is 39.8 Å². The minimum atomic E-state index is -4.88. The zero-order valence-corrected chi connectivity index (χ0v) is 18.1. The highest BCUT2D eigenvalue weighted by molar-refractivity contribution is 9.10. The number of carboxylic acids is 1. The highest BCUT2D eigenvalue weighted by atomic mass is 79.9. The first kappa shape index (κ1) is 24.5. The van der Waals surface area contributed by atoms with Gasteiger partial charge in [-0.1, -0.05) is 15.9 Å². The number of aliphatic carboxylic acids is 1. The summed E-state index contributed by atoms with van der Waals surface area (Å²) in [5.41, 5.74) is 5.15. The van der Waals surface area contributed by atoms with E-state index in [-0.39, 0.29) is 23.7 Å². The second-order valence-electron chi connectivity index (χ2n) is 6.98. The van der Waals surface area contributed by atoms with Crippen molar-refractivity contribution in [3.8, 4) is 5.75 Å². The quantitative estimate of drug-likeness (QED) is 0.209. The zero-order valence-electron chi connectivity index (χ0n) is 16.5. The third-order valence-corrected chi connectivity index (χ3v) is 4.95. The van der Waals surface area contributed by atoms with Crippen molar-refractivity contribution in [2.24, 2.45) is 5.73 Å². The lowest BCUT2D eigenvalue weighted by Gasteiger charge is -2.30. The van der Waals surface area contributed by atoms with Gasteiger partial charge in [0.1, 0.15) is 11.8 Å². The van der Waals surface area contributed by atoms with E-state index in [0.717, 1.165) is 6.08 Å². The van der Waals surface area contributed by atoms with Crippen molar-refractivity contribution in [1.29, 1.82) is 5.41 Å². The van der Waals surface area contributed by atoms with Crippen LogP contribution in [0.2, 0.25) is 0 Å². The van der Waals surface area contributed by atoms with Crippen LogP contribution in [-0.4, -0.2) is 47.8 Å². The van der Waals surface area contributed by atoms with E-state index in [1.165, 1.54) is 6.07 Å². The third kappa shape index (κ3) is 6.61. The van der Waals surface area contributed by atoms with Crippen molar-refractivity contribution in [2.75, 3.05) is 6.54 Å². The van der Waals surface area contributed by atoms with Gasteiger partial charge in [0.15, 0.2) is 5.96 Å². The van der Waals surface area contributed by atoms with Crippen molar-refractivity contribution in [1.82, 2.24) is 10.6 Å². The van der Waals surface area contributed by atoms with Crippen molar-refractivity contribution in [3.05, 3.63) is 33.3 Å². The maximum atomic E-state index is 13.6. The fourth-order valence-electron chi connectivity index (χ4n) is 3.07. The van der Waals surface area contributed by atoms with Gasteiger partial charge in [-0.05, 0) is 50.0 Å². The summed E-state index contributed by atoms with van der Waals surface area (Å²) >= 11 is 3.25.